The lowest BCUT2D eigenvalue weighted by atomic mass is 9.86. The Kier molecular flexibility index (Phi) is 5.83. The van der Waals surface area contributed by atoms with Crippen LogP contribution < -0.4 is 11.1 Å². The second-order valence-corrected chi connectivity index (χ2v) is 9.63. The topological polar surface area (TPSA) is 184 Å². The maximum Gasteiger partial charge on any atom is 0.353 e. The number of halogens is 1. The molecule has 2 aromatic heterocycles. The van der Waals surface area contributed by atoms with Crippen LogP contribution in [0.3, 0.4) is 0 Å². The molecule has 2 aliphatic rings. The number of anilines is 1. The third kappa shape index (κ3) is 3.96. The minimum absolute atomic E-state index is 0.0739. The monoisotopic (exact) mass is 501 g/mol. The van der Waals surface area contributed by atoms with Gasteiger partial charge in [-0.2, -0.15) is 9.36 Å². The van der Waals surface area contributed by atoms with Crippen molar-refractivity contribution in [3.05, 3.63) is 26.3 Å². The molecular weight excluding hydrogens is 490 g/mol. The number of nitrogens with two attached hydrogens (primary N) is 1. The summed E-state index contributed by atoms with van der Waals surface area (Å²) in [6.45, 7) is 0. The first-order chi connectivity index (χ1) is 14.8. The Hall–Kier alpha value is -2.75. The normalized spacial score (nSPS) is 21.0. The van der Waals surface area contributed by atoms with E-state index in [-0.39, 0.29) is 16.7 Å². The van der Waals surface area contributed by atoms with E-state index in [0.717, 1.165) is 28.2 Å². The number of nitrogens with one attached hydrogen (secondary N) is 1. The summed E-state index contributed by atoms with van der Waals surface area (Å²) in [6.07, 6.45) is 0.786. The van der Waals surface area contributed by atoms with Gasteiger partial charge in [-0.05, 0) is 12.8 Å². The first-order valence-corrected chi connectivity index (χ1v) is 11.4. The summed E-state index contributed by atoms with van der Waals surface area (Å²) in [4.78, 5) is 46.6. The van der Waals surface area contributed by atoms with Gasteiger partial charge in [0.1, 0.15) is 16.8 Å². The lowest BCUT2D eigenvalue weighted by molar-refractivity contribution is -0.155. The Bertz CT molecular complexity index is 1150. The van der Waals surface area contributed by atoms with Gasteiger partial charge in [0.15, 0.2) is 9.60 Å². The summed E-state index contributed by atoms with van der Waals surface area (Å²) in [5.41, 5.74) is 4.83. The molecule has 5 N–H and O–H groups in total. The Morgan fingerprint density at radius 2 is 2.19 bits per heavy atom. The standard InChI is InChI=1S/C15H12ClN7O5S3/c16-14-18-6(3-29-14)30-5-2-1-4-7(12(25)23(4)9(5)13(26)27)19-11(24)8(21-28)10-20-15(17)31-22-10/h3-4,7,28H,1-2H2,(H,19,24)(H,26,27)(H2,17,20,22)/b21-8-/t4-,7?/m1/s1. The number of carboxylic acid groups (broad SMARTS) is 1. The predicted octanol–water partition coefficient (Wildman–Crippen LogP) is 0.986. The highest BCUT2D eigenvalue weighted by atomic mass is 35.5. The van der Waals surface area contributed by atoms with E-state index in [1.807, 2.05) is 0 Å². The number of oxime groups is 1. The van der Waals surface area contributed by atoms with Crippen LogP contribution >= 0.6 is 46.2 Å². The van der Waals surface area contributed by atoms with Crippen LogP contribution in [0.4, 0.5) is 5.13 Å². The zero-order valence-electron chi connectivity index (χ0n) is 15.2. The van der Waals surface area contributed by atoms with Crippen LogP contribution in [0, 0.1) is 0 Å². The highest BCUT2D eigenvalue weighted by molar-refractivity contribution is 8.03. The van der Waals surface area contributed by atoms with E-state index in [4.69, 9.17) is 22.5 Å². The zero-order valence-corrected chi connectivity index (χ0v) is 18.4. The molecule has 1 saturated heterocycles. The molecule has 2 aliphatic heterocycles. The van der Waals surface area contributed by atoms with Crippen LogP contribution in [0.2, 0.25) is 4.47 Å². The van der Waals surface area contributed by atoms with Gasteiger partial charge in [-0.25, -0.2) is 9.78 Å². The number of fused-ring (bicyclic) bond motifs is 1. The van der Waals surface area contributed by atoms with E-state index in [2.05, 4.69) is 24.8 Å². The molecule has 4 rings (SSSR count). The number of nitrogens with zero attached hydrogens (tertiary/aromatic N) is 5. The minimum atomic E-state index is -1.26. The van der Waals surface area contributed by atoms with Gasteiger partial charge in [0.2, 0.25) is 11.5 Å². The van der Waals surface area contributed by atoms with Crippen LogP contribution in [0.1, 0.15) is 18.7 Å². The number of aliphatic carboxylic acids is 1. The average Bonchev–Trinajstić information content (AvgIpc) is 3.34. The number of thiazole rings is 1. The van der Waals surface area contributed by atoms with Crippen molar-refractivity contribution >= 4 is 74.9 Å². The molecule has 2 atom stereocenters. The maximum atomic E-state index is 12.7. The second kappa shape index (κ2) is 8.41. The molecule has 2 amide bonds. The van der Waals surface area contributed by atoms with Gasteiger partial charge in [0, 0.05) is 21.8 Å². The van der Waals surface area contributed by atoms with E-state index in [1.165, 1.54) is 11.3 Å². The number of amides is 2. The van der Waals surface area contributed by atoms with Crippen LogP contribution in [0.25, 0.3) is 0 Å². The van der Waals surface area contributed by atoms with E-state index in [0.29, 0.717) is 27.2 Å². The first kappa shape index (κ1) is 21.5. The SMILES string of the molecule is Nc1nc(/C(=N/O)C(=O)NC2C(=O)N3C(C(=O)O)=C(Sc4csc(Cl)n4)CC[C@H]23)ns1. The number of carboxylic acids is 1. The summed E-state index contributed by atoms with van der Waals surface area (Å²) >= 11 is 9.00. The van der Waals surface area contributed by atoms with Crippen molar-refractivity contribution in [1.29, 1.82) is 0 Å². The molecular formula is C15H12ClN7O5S3. The van der Waals surface area contributed by atoms with Crippen molar-refractivity contribution < 1.29 is 24.7 Å². The summed E-state index contributed by atoms with van der Waals surface area (Å²) in [5.74, 6) is -2.91. The van der Waals surface area contributed by atoms with E-state index >= 15 is 0 Å². The largest absolute Gasteiger partial charge is 0.477 e. The van der Waals surface area contributed by atoms with Crippen molar-refractivity contribution in [2.45, 2.75) is 30.0 Å². The van der Waals surface area contributed by atoms with Crippen molar-refractivity contribution in [2.24, 2.45) is 5.16 Å². The summed E-state index contributed by atoms with van der Waals surface area (Å²) in [6, 6.07) is -1.53. The molecule has 0 aliphatic carbocycles. The molecule has 2 aromatic rings. The molecule has 1 unspecified atom stereocenters. The van der Waals surface area contributed by atoms with E-state index in [9.17, 15) is 19.5 Å². The van der Waals surface area contributed by atoms with Gasteiger partial charge < -0.3 is 21.4 Å². The van der Waals surface area contributed by atoms with Gasteiger partial charge in [-0.1, -0.05) is 28.5 Å². The van der Waals surface area contributed by atoms with Gasteiger partial charge in [0.05, 0.1) is 6.04 Å². The Morgan fingerprint density at radius 3 is 2.77 bits per heavy atom. The molecule has 0 bridgehead atoms. The Labute approximate surface area is 191 Å². The van der Waals surface area contributed by atoms with Crippen molar-refractivity contribution in [1.82, 2.24) is 24.6 Å². The number of aromatic nitrogens is 3. The lowest BCUT2D eigenvalue weighted by Crippen LogP contribution is -2.72. The second-order valence-electron chi connectivity index (χ2n) is 6.29. The third-order valence-corrected chi connectivity index (χ3v) is 7.27. The number of hydrogen-bond acceptors (Lipinski definition) is 12. The number of allylic oxidation sites excluding steroid dienone is 1. The summed E-state index contributed by atoms with van der Waals surface area (Å²) in [5, 5.41) is 26.5. The molecule has 16 heteroatoms. The Balaban J connectivity index is 1.52. The third-order valence-electron chi connectivity index (χ3n) is 4.53. The maximum absolute atomic E-state index is 12.7. The highest BCUT2D eigenvalue weighted by Gasteiger charge is 2.54. The number of carbonyl (C=O) groups is 3. The number of thioether (sulfide) groups is 1. The average molecular weight is 502 g/mol. The van der Waals surface area contributed by atoms with Gasteiger partial charge in [0.25, 0.3) is 11.8 Å². The first-order valence-electron chi connectivity index (χ1n) is 8.51. The van der Waals surface area contributed by atoms with Crippen LogP contribution in [-0.2, 0) is 14.4 Å². The molecule has 31 heavy (non-hydrogen) atoms. The smallest absolute Gasteiger partial charge is 0.353 e. The molecule has 0 radical (unpaired) electrons. The van der Waals surface area contributed by atoms with Crippen molar-refractivity contribution in [2.75, 3.05) is 5.73 Å². The van der Waals surface area contributed by atoms with Crippen LogP contribution in [-0.4, -0.2) is 65.1 Å². The molecule has 1 fully saturated rings. The highest BCUT2D eigenvalue weighted by Crippen LogP contribution is 2.43. The van der Waals surface area contributed by atoms with Crippen LogP contribution in [0.5, 0.6) is 0 Å². The van der Waals surface area contributed by atoms with Gasteiger partial charge in [-0.15, -0.1) is 11.3 Å². The Morgan fingerprint density at radius 1 is 1.42 bits per heavy atom. The predicted molar refractivity (Wildman–Crippen MR) is 112 cm³/mol. The van der Waals surface area contributed by atoms with Gasteiger partial charge in [-0.3, -0.25) is 14.5 Å². The molecule has 0 spiro atoms. The van der Waals surface area contributed by atoms with E-state index in [1.54, 1.807) is 5.38 Å². The number of hydrogen-bond donors (Lipinski definition) is 4. The van der Waals surface area contributed by atoms with Crippen LogP contribution in [0.15, 0.2) is 26.2 Å². The van der Waals surface area contributed by atoms with Gasteiger partial charge >= 0.3 is 5.97 Å². The molecule has 12 nitrogen and oxygen atoms in total. The van der Waals surface area contributed by atoms with Crippen molar-refractivity contribution in [3.8, 4) is 0 Å². The molecule has 0 aromatic carbocycles. The minimum Gasteiger partial charge on any atom is -0.477 e. The molecule has 0 saturated carbocycles. The van der Waals surface area contributed by atoms with E-state index < -0.39 is 35.6 Å². The lowest BCUT2D eigenvalue weighted by Gasteiger charge is -2.49. The number of β-lactam (4-membered cyclic amide) rings is 1. The zero-order chi connectivity index (χ0) is 22.3. The van der Waals surface area contributed by atoms with Crippen molar-refractivity contribution in [3.63, 3.8) is 0 Å². The fourth-order valence-electron chi connectivity index (χ4n) is 3.27. The number of carbonyl (C=O) groups excluding carboxylic acids is 2. The number of nitrogen functional groups attached to an aromatic ring is 1. The fraction of sp³-hybridized carbons (Fsp3) is 0.267. The molecule has 162 valence electrons. The summed E-state index contributed by atoms with van der Waals surface area (Å²) in [7, 11) is 0. The fourth-order valence-corrected chi connectivity index (χ4v) is 5.67. The number of rotatable bonds is 6. The molecule has 4 heterocycles. The quantitative estimate of drug-likeness (QED) is 0.192. The summed E-state index contributed by atoms with van der Waals surface area (Å²) < 4.78 is 4.13.